The van der Waals surface area contributed by atoms with Crippen molar-refractivity contribution in [2.45, 2.75) is 12.3 Å². The van der Waals surface area contributed by atoms with Crippen molar-refractivity contribution >= 4 is 40.5 Å². The summed E-state index contributed by atoms with van der Waals surface area (Å²) in [6, 6.07) is 22.2. The van der Waals surface area contributed by atoms with Crippen LogP contribution in [0.2, 0.25) is 5.02 Å². The van der Waals surface area contributed by atoms with Gasteiger partial charge in [0.05, 0.1) is 11.4 Å². The number of benzene rings is 3. The number of amides is 2. The van der Waals surface area contributed by atoms with Gasteiger partial charge >= 0.3 is 0 Å². The molecule has 1 atom stereocenters. The summed E-state index contributed by atoms with van der Waals surface area (Å²) in [4.78, 5) is 32.6. The summed E-state index contributed by atoms with van der Waals surface area (Å²) in [6.45, 7) is 1.50. The molecule has 0 spiro atoms. The molecule has 0 aliphatic carbocycles. The summed E-state index contributed by atoms with van der Waals surface area (Å²) in [7, 11) is 4.01. The highest BCUT2D eigenvalue weighted by molar-refractivity contribution is 6.31. The van der Waals surface area contributed by atoms with E-state index < -0.39 is 5.92 Å². The zero-order valence-corrected chi connectivity index (χ0v) is 20.0. The number of rotatable bonds is 8. The van der Waals surface area contributed by atoms with Crippen LogP contribution in [-0.4, -0.2) is 49.6 Å². The number of nitrogens with one attached hydrogen (secondary N) is 2. The predicted molar refractivity (Wildman–Crippen MR) is 137 cm³/mol. The Morgan fingerprint density at radius 3 is 2.56 bits per heavy atom. The molecule has 0 aromatic heterocycles. The molecular weight excluding hydrogens is 448 g/mol. The van der Waals surface area contributed by atoms with Crippen LogP contribution in [-0.2, 0) is 4.79 Å². The topological polar surface area (TPSA) is 73.8 Å². The Morgan fingerprint density at radius 2 is 1.79 bits per heavy atom. The highest BCUT2D eigenvalue weighted by Gasteiger charge is 2.35. The van der Waals surface area contributed by atoms with Crippen LogP contribution < -0.4 is 10.6 Å². The molecule has 0 fully saturated rings. The van der Waals surface area contributed by atoms with Crippen molar-refractivity contribution in [1.29, 1.82) is 0 Å². The SMILES string of the molecule is CN(C)CCCNC(=O)c1cccc(N=C(c2ccccc2)C2C(=O)Nc3cc(Cl)ccc32)c1. The average Bonchev–Trinajstić information content (AvgIpc) is 3.15. The monoisotopic (exact) mass is 474 g/mol. The molecule has 1 heterocycles. The summed E-state index contributed by atoms with van der Waals surface area (Å²) in [6.07, 6.45) is 0.870. The van der Waals surface area contributed by atoms with Gasteiger partial charge in [0, 0.05) is 22.8 Å². The maximum Gasteiger partial charge on any atom is 0.251 e. The van der Waals surface area contributed by atoms with E-state index in [9.17, 15) is 9.59 Å². The van der Waals surface area contributed by atoms with Crippen LogP contribution in [0.4, 0.5) is 11.4 Å². The van der Waals surface area contributed by atoms with Gasteiger partial charge in [0.15, 0.2) is 0 Å². The number of carbonyl (C=O) groups excluding carboxylic acids is 2. The second-order valence-corrected chi connectivity index (χ2v) is 8.92. The van der Waals surface area contributed by atoms with Crippen molar-refractivity contribution in [2.75, 3.05) is 32.5 Å². The number of hydrogen-bond acceptors (Lipinski definition) is 4. The van der Waals surface area contributed by atoms with E-state index in [2.05, 4.69) is 15.5 Å². The summed E-state index contributed by atoms with van der Waals surface area (Å²) >= 11 is 6.13. The minimum atomic E-state index is -0.585. The molecule has 34 heavy (non-hydrogen) atoms. The molecule has 0 radical (unpaired) electrons. The Labute approximate surface area is 204 Å². The zero-order valence-electron chi connectivity index (χ0n) is 19.2. The third kappa shape index (κ3) is 5.53. The van der Waals surface area contributed by atoms with Crippen molar-refractivity contribution in [1.82, 2.24) is 10.2 Å². The standard InChI is InChI=1S/C27H27ClN4O2/c1-32(2)15-7-14-29-26(33)19-10-6-11-21(16-19)30-25(18-8-4-3-5-9-18)24-22-13-12-20(28)17-23(22)31-27(24)34/h3-6,8-13,16-17,24H,7,14-15H2,1-2H3,(H,29,33)(H,31,34). The van der Waals surface area contributed by atoms with Gasteiger partial charge < -0.3 is 15.5 Å². The molecule has 3 aromatic carbocycles. The van der Waals surface area contributed by atoms with Gasteiger partial charge in [0.25, 0.3) is 5.91 Å². The molecule has 4 rings (SSSR count). The number of aliphatic imine (C=N–C) groups is 1. The van der Waals surface area contributed by atoms with Gasteiger partial charge in [-0.1, -0.05) is 54.1 Å². The molecule has 7 heteroatoms. The average molecular weight is 475 g/mol. The Kier molecular flexibility index (Phi) is 7.40. The lowest BCUT2D eigenvalue weighted by Gasteiger charge is -2.14. The van der Waals surface area contributed by atoms with Crippen molar-refractivity contribution in [3.63, 3.8) is 0 Å². The van der Waals surface area contributed by atoms with Crippen molar-refractivity contribution in [3.8, 4) is 0 Å². The Morgan fingerprint density at radius 1 is 1.03 bits per heavy atom. The van der Waals surface area contributed by atoms with Crippen LogP contribution in [0.25, 0.3) is 0 Å². The molecule has 0 bridgehead atoms. The fourth-order valence-electron chi connectivity index (χ4n) is 3.97. The van der Waals surface area contributed by atoms with Gasteiger partial charge in [-0.05, 0) is 68.5 Å². The Balaban J connectivity index is 1.66. The molecule has 0 saturated carbocycles. The van der Waals surface area contributed by atoms with E-state index in [-0.39, 0.29) is 11.8 Å². The molecule has 6 nitrogen and oxygen atoms in total. The van der Waals surface area contributed by atoms with E-state index in [1.165, 1.54) is 0 Å². The van der Waals surface area contributed by atoms with Gasteiger partial charge in [0.1, 0.15) is 5.92 Å². The van der Waals surface area contributed by atoms with E-state index in [4.69, 9.17) is 16.6 Å². The summed E-state index contributed by atoms with van der Waals surface area (Å²) in [5, 5.41) is 6.43. The minimum absolute atomic E-state index is 0.143. The van der Waals surface area contributed by atoms with Crippen LogP contribution in [0.1, 0.15) is 33.8 Å². The molecule has 174 valence electrons. The zero-order chi connectivity index (χ0) is 24.1. The quantitative estimate of drug-likeness (QED) is 0.361. The highest BCUT2D eigenvalue weighted by Crippen LogP contribution is 2.37. The first kappa shape index (κ1) is 23.7. The second kappa shape index (κ2) is 10.6. The lowest BCUT2D eigenvalue weighted by atomic mass is 9.90. The predicted octanol–water partition coefficient (Wildman–Crippen LogP) is 4.88. The van der Waals surface area contributed by atoms with Crippen LogP contribution in [0.15, 0.2) is 77.8 Å². The fraction of sp³-hybridized carbons (Fsp3) is 0.222. The van der Waals surface area contributed by atoms with Crippen LogP contribution >= 0.6 is 11.6 Å². The van der Waals surface area contributed by atoms with Gasteiger partial charge in [0.2, 0.25) is 5.91 Å². The number of fused-ring (bicyclic) bond motifs is 1. The summed E-state index contributed by atoms with van der Waals surface area (Å²) in [5.41, 5.74) is 4.10. The largest absolute Gasteiger partial charge is 0.352 e. The smallest absolute Gasteiger partial charge is 0.251 e. The van der Waals surface area contributed by atoms with E-state index in [0.717, 1.165) is 24.1 Å². The van der Waals surface area contributed by atoms with Crippen molar-refractivity contribution in [3.05, 3.63) is 94.5 Å². The number of nitrogens with zero attached hydrogens (tertiary/aromatic N) is 2. The number of anilines is 1. The molecule has 3 aromatic rings. The van der Waals surface area contributed by atoms with Crippen LogP contribution in [0, 0.1) is 0 Å². The van der Waals surface area contributed by atoms with Gasteiger partial charge in [-0.25, -0.2) is 0 Å². The van der Waals surface area contributed by atoms with E-state index in [1.807, 2.05) is 56.6 Å². The second-order valence-electron chi connectivity index (χ2n) is 8.48. The van der Waals surface area contributed by atoms with E-state index in [0.29, 0.717) is 34.2 Å². The Bertz CT molecular complexity index is 1220. The highest BCUT2D eigenvalue weighted by atomic mass is 35.5. The van der Waals surface area contributed by atoms with E-state index in [1.54, 1.807) is 30.3 Å². The molecule has 1 aliphatic heterocycles. The van der Waals surface area contributed by atoms with Crippen LogP contribution in [0.5, 0.6) is 0 Å². The normalized spacial score (nSPS) is 15.2. The number of carbonyl (C=O) groups is 2. The summed E-state index contributed by atoms with van der Waals surface area (Å²) in [5.74, 6) is -0.886. The van der Waals surface area contributed by atoms with Crippen LogP contribution in [0.3, 0.4) is 0 Å². The van der Waals surface area contributed by atoms with E-state index >= 15 is 0 Å². The molecule has 2 amide bonds. The lowest BCUT2D eigenvalue weighted by molar-refractivity contribution is -0.115. The fourth-order valence-corrected chi connectivity index (χ4v) is 4.14. The minimum Gasteiger partial charge on any atom is -0.352 e. The maximum absolute atomic E-state index is 13.0. The number of halogens is 1. The van der Waals surface area contributed by atoms with Gasteiger partial charge in [-0.2, -0.15) is 0 Å². The summed E-state index contributed by atoms with van der Waals surface area (Å²) < 4.78 is 0. The van der Waals surface area contributed by atoms with Crippen molar-refractivity contribution < 1.29 is 9.59 Å². The molecular formula is C27H27ClN4O2. The molecule has 0 saturated heterocycles. The maximum atomic E-state index is 13.0. The van der Waals surface area contributed by atoms with Gasteiger partial charge in [-0.15, -0.1) is 0 Å². The lowest BCUT2D eigenvalue weighted by Crippen LogP contribution is -2.27. The van der Waals surface area contributed by atoms with Gasteiger partial charge in [-0.3, -0.25) is 14.6 Å². The number of hydrogen-bond donors (Lipinski definition) is 2. The first-order valence-corrected chi connectivity index (χ1v) is 11.6. The Hall–Kier alpha value is -3.48. The molecule has 1 aliphatic rings. The third-order valence-electron chi connectivity index (χ3n) is 5.61. The molecule has 2 N–H and O–H groups in total. The first-order chi connectivity index (χ1) is 16.4. The third-order valence-corrected chi connectivity index (χ3v) is 5.85. The molecule has 1 unspecified atom stereocenters. The first-order valence-electron chi connectivity index (χ1n) is 11.2. The van der Waals surface area contributed by atoms with Crippen molar-refractivity contribution in [2.24, 2.45) is 4.99 Å².